The first-order valence-corrected chi connectivity index (χ1v) is 6.40. The lowest BCUT2D eigenvalue weighted by Crippen LogP contribution is -2.30. The van der Waals surface area contributed by atoms with Gasteiger partial charge in [-0.1, -0.05) is 17.3 Å². The van der Waals surface area contributed by atoms with Gasteiger partial charge in [-0.2, -0.15) is 0 Å². The van der Waals surface area contributed by atoms with Crippen LogP contribution in [0.3, 0.4) is 0 Å². The predicted octanol–water partition coefficient (Wildman–Crippen LogP) is 0.945. The fourth-order valence-corrected chi connectivity index (χ4v) is 2.10. The highest BCUT2D eigenvalue weighted by atomic mass is 16.7. The molecule has 0 atom stereocenters. The number of rotatable bonds is 3. The summed E-state index contributed by atoms with van der Waals surface area (Å²) in [6.45, 7) is 1.87. The minimum Gasteiger partial charge on any atom is -0.353 e. The Bertz CT molecular complexity index is 620. The van der Waals surface area contributed by atoms with E-state index in [0.717, 1.165) is 6.42 Å². The lowest BCUT2D eigenvalue weighted by atomic mass is 10.2. The number of aromatic nitrogens is 3. The summed E-state index contributed by atoms with van der Waals surface area (Å²) in [6, 6.07) is 7.20. The summed E-state index contributed by atoms with van der Waals surface area (Å²) in [5.74, 6) is 0. The third-order valence-corrected chi connectivity index (χ3v) is 3.10. The molecule has 0 radical (unpaired) electrons. The molecule has 2 aromatic rings. The first kappa shape index (κ1) is 12.3. The molecule has 0 bridgehead atoms. The Morgan fingerprint density at radius 1 is 1.26 bits per heavy atom. The molecule has 3 rings (SSSR count). The molecule has 6 heteroatoms. The zero-order chi connectivity index (χ0) is 13.1. The third kappa shape index (κ3) is 2.64. The van der Waals surface area contributed by atoms with Crippen molar-refractivity contribution in [1.82, 2.24) is 15.0 Å². The van der Waals surface area contributed by atoms with E-state index in [0.29, 0.717) is 37.1 Å². The summed E-state index contributed by atoms with van der Waals surface area (Å²) >= 11 is 0. The molecule has 100 valence electrons. The van der Waals surface area contributed by atoms with E-state index in [4.69, 9.17) is 9.47 Å². The fourth-order valence-electron chi connectivity index (χ4n) is 2.10. The Labute approximate surface area is 109 Å². The number of nitrogens with zero attached hydrogens (tertiary/aromatic N) is 3. The number of hydrogen-bond acceptors (Lipinski definition) is 5. The average Bonchev–Trinajstić information content (AvgIpc) is 2.48. The van der Waals surface area contributed by atoms with E-state index in [1.807, 2.05) is 12.1 Å². The molecule has 0 N–H and O–H groups in total. The molecule has 1 fully saturated rings. The van der Waals surface area contributed by atoms with Crippen molar-refractivity contribution in [2.24, 2.45) is 0 Å². The zero-order valence-corrected chi connectivity index (χ0v) is 10.5. The SMILES string of the molecule is O=c1c2ccccc2nnn1CCC1OCCCO1. The van der Waals surface area contributed by atoms with Crippen LogP contribution in [0.25, 0.3) is 10.9 Å². The number of aryl methyl sites for hydroxylation is 1. The van der Waals surface area contributed by atoms with Gasteiger partial charge in [0.25, 0.3) is 5.56 Å². The van der Waals surface area contributed by atoms with Crippen molar-refractivity contribution in [2.45, 2.75) is 25.7 Å². The maximum absolute atomic E-state index is 12.2. The second-order valence-electron chi connectivity index (χ2n) is 4.45. The van der Waals surface area contributed by atoms with Crippen LogP contribution in [0.4, 0.5) is 0 Å². The van der Waals surface area contributed by atoms with Crippen LogP contribution in [0.5, 0.6) is 0 Å². The summed E-state index contributed by atoms with van der Waals surface area (Å²) in [6.07, 6.45) is 1.29. The van der Waals surface area contributed by atoms with Crippen molar-refractivity contribution in [2.75, 3.05) is 13.2 Å². The van der Waals surface area contributed by atoms with E-state index < -0.39 is 0 Å². The molecule has 1 aromatic carbocycles. The van der Waals surface area contributed by atoms with Crippen LogP contribution in [-0.2, 0) is 16.0 Å². The van der Waals surface area contributed by atoms with Gasteiger partial charge in [-0.3, -0.25) is 4.79 Å². The van der Waals surface area contributed by atoms with Gasteiger partial charge in [0.1, 0.15) is 5.52 Å². The van der Waals surface area contributed by atoms with E-state index in [9.17, 15) is 4.79 Å². The standard InChI is InChI=1S/C13H15N3O3/c17-13-10-4-1-2-5-11(10)14-15-16(13)7-6-12-18-8-3-9-19-12/h1-2,4-5,12H,3,6-9H2. The first-order valence-electron chi connectivity index (χ1n) is 6.40. The normalized spacial score (nSPS) is 16.8. The molecule has 0 saturated carbocycles. The van der Waals surface area contributed by atoms with E-state index in [-0.39, 0.29) is 11.8 Å². The smallest absolute Gasteiger partial charge is 0.277 e. The molecular weight excluding hydrogens is 246 g/mol. The molecule has 2 heterocycles. The molecule has 6 nitrogen and oxygen atoms in total. The highest BCUT2D eigenvalue weighted by molar-refractivity contribution is 5.76. The molecular formula is C13H15N3O3. The minimum absolute atomic E-state index is 0.124. The second-order valence-corrected chi connectivity index (χ2v) is 4.45. The van der Waals surface area contributed by atoms with Crippen LogP contribution in [0.1, 0.15) is 12.8 Å². The van der Waals surface area contributed by atoms with Crippen molar-refractivity contribution in [3.8, 4) is 0 Å². The number of fused-ring (bicyclic) bond motifs is 1. The maximum Gasteiger partial charge on any atom is 0.277 e. The molecule has 1 aliphatic rings. The minimum atomic E-state index is -0.242. The van der Waals surface area contributed by atoms with Crippen molar-refractivity contribution in [1.29, 1.82) is 0 Å². The average molecular weight is 261 g/mol. The van der Waals surface area contributed by atoms with E-state index >= 15 is 0 Å². The molecule has 0 unspecified atom stereocenters. The van der Waals surface area contributed by atoms with Gasteiger partial charge in [0.2, 0.25) is 0 Å². The van der Waals surface area contributed by atoms with Crippen molar-refractivity contribution >= 4 is 10.9 Å². The summed E-state index contributed by atoms with van der Waals surface area (Å²) in [5, 5.41) is 8.56. The number of ether oxygens (including phenoxy) is 2. The Kier molecular flexibility index (Phi) is 3.52. The van der Waals surface area contributed by atoms with Gasteiger partial charge in [-0.05, 0) is 18.6 Å². The molecule has 19 heavy (non-hydrogen) atoms. The molecule has 1 saturated heterocycles. The van der Waals surface area contributed by atoms with Crippen LogP contribution in [0.2, 0.25) is 0 Å². The lowest BCUT2D eigenvalue weighted by Gasteiger charge is -2.22. The van der Waals surface area contributed by atoms with E-state index in [1.54, 1.807) is 12.1 Å². The highest BCUT2D eigenvalue weighted by Crippen LogP contribution is 2.09. The topological polar surface area (TPSA) is 66.2 Å². The number of benzene rings is 1. The van der Waals surface area contributed by atoms with Crippen LogP contribution < -0.4 is 5.56 Å². The van der Waals surface area contributed by atoms with Gasteiger partial charge in [0.05, 0.1) is 25.1 Å². The molecule has 0 aliphatic carbocycles. The van der Waals surface area contributed by atoms with Gasteiger partial charge >= 0.3 is 0 Å². The highest BCUT2D eigenvalue weighted by Gasteiger charge is 2.15. The van der Waals surface area contributed by atoms with Crippen molar-refractivity contribution < 1.29 is 9.47 Å². The molecule has 0 amide bonds. The van der Waals surface area contributed by atoms with Crippen LogP contribution in [-0.4, -0.2) is 34.5 Å². The Hall–Kier alpha value is -1.79. The Balaban J connectivity index is 1.77. The van der Waals surface area contributed by atoms with Crippen LogP contribution in [0.15, 0.2) is 29.1 Å². The van der Waals surface area contributed by atoms with Crippen molar-refractivity contribution in [3.63, 3.8) is 0 Å². The molecule has 1 aromatic heterocycles. The van der Waals surface area contributed by atoms with Gasteiger partial charge in [0.15, 0.2) is 6.29 Å². The Morgan fingerprint density at radius 3 is 2.89 bits per heavy atom. The summed E-state index contributed by atoms with van der Waals surface area (Å²) < 4.78 is 12.2. The van der Waals surface area contributed by atoms with Crippen LogP contribution in [0, 0.1) is 0 Å². The third-order valence-electron chi connectivity index (χ3n) is 3.10. The van der Waals surface area contributed by atoms with Gasteiger partial charge in [-0.15, -0.1) is 5.10 Å². The molecule has 1 aliphatic heterocycles. The largest absolute Gasteiger partial charge is 0.353 e. The second kappa shape index (κ2) is 5.46. The van der Waals surface area contributed by atoms with E-state index in [2.05, 4.69) is 10.3 Å². The lowest BCUT2D eigenvalue weighted by molar-refractivity contribution is -0.182. The van der Waals surface area contributed by atoms with Crippen LogP contribution >= 0.6 is 0 Å². The summed E-state index contributed by atoms with van der Waals surface area (Å²) in [4.78, 5) is 12.2. The quantitative estimate of drug-likeness (QED) is 0.822. The van der Waals surface area contributed by atoms with Gasteiger partial charge in [0, 0.05) is 6.42 Å². The maximum atomic E-state index is 12.2. The van der Waals surface area contributed by atoms with Crippen molar-refractivity contribution in [3.05, 3.63) is 34.6 Å². The fraction of sp³-hybridized carbons (Fsp3) is 0.462. The van der Waals surface area contributed by atoms with E-state index in [1.165, 1.54) is 4.68 Å². The first-order chi connectivity index (χ1) is 9.34. The Morgan fingerprint density at radius 2 is 2.05 bits per heavy atom. The zero-order valence-electron chi connectivity index (χ0n) is 10.5. The molecule has 0 spiro atoms. The van der Waals surface area contributed by atoms with Gasteiger partial charge in [-0.25, -0.2) is 4.68 Å². The monoisotopic (exact) mass is 261 g/mol. The predicted molar refractivity (Wildman–Crippen MR) is 68.7 cm³/mol. The summed E-state index contributed by atoms with van der Waals surface area (Å²) in [7, 11) is 0. The van der Waals surface area contributed by atoms with Gasteiger partial charge < -0.3 is 9.47 Å². The summed E-state index contributed by atoms with van der Waals surface area (Å²) in [5.41, 5.74) is 0.496. The number of hydrogen-bond donors (Lipinski definition) is 0.